The third-order valence-electron chi connectivity index (χ3n) is 2.71. The number of nitrogens with two attached hydrogens (primary N) is 1. The van der Waals surface area contributed by atoms with Crippen LogP contribution in [0, 0.1) is 16.0 Å². The van der Waals surface area contributed by atoms with E-state index in [1.807, 2.05) is 0 Å². The van der Waals surface area contributed by atoms with Gasteiger partial charge in [-0.05, 0) is 31.4 Å². The lowest BCUT2D eigenvalue weighted by atomic mass is 9.94. The van der Waals surface area contributed by atoms with E-state index in [1.165, 1.54) is 12.1 Å². The third-order valence-corrected chi connectivity index (χ3v) is 2.71. The van der Waals surface area contributed by atoms with Crippen LogP contribution < -0.4 is 5.73 Å². The SMILES string of the molecule is NCCCC(Cc1cccc([N+](=O)[O-])c1)C(=O)O. The molecule has 0 heterocycles. The number of nitro benzene ring substituents is 1. The maximum atomic E-state index is 11.1. The molecule has 0 bridgehead atoms. The monoisotopic (exact) mass is 252 g/mol. The minimum absolute atomic E-state index is 0.0181. The second kappa shape index (κ2) is 6.70. The Balaban J connectivity index is 2.77. The summed E-state index contributed by atoms with van der Waals surface area (Å²) < 4.78 is 0. The number of rotatable bonds is 7. The normalized spacial score (nSPS) is 12.1. The van der Waals surface area contributed by atoms with Crippen LogP contribution in [0.3, 0.4) is 0 Å². The van der Waals surface area contributed by atoms with Gasteiger partial charge in [-0.15, -0.1) is 0 Å². The zero-order valence-corrected chi connectivity index (χ0v) is 9.91. The van der Waals surface area contributed by atoms with Gasteiger partial charge < -0.3 is 10.8 Å². The Morgan fingerprint density at radius 1 is 1.50 bits per heavy atom. The molecule has 0 aromatic heterocycles. The molecule has 0 aliphatic heterocycles. The minimum Gasteiger partial charge on any atom is -0.481 e. The van der Waals surface area contributed by atoms with Crippen molar-refractivity contribution in [1.82, 2.24) is 0 Å². The van der Waals surface area contributed by atoms with Crippen LogP contribution in [0.4, 0.5) is 5.69 Å². The van der Waals surface area contributed by atoms with Crippen LogP contribution >= 0.6 is 0 Å². The van der Waals surface area contributed by atoms with Crippen molar-refractivity contribution in [3.05, 3.63) is 39.9 Å². The summed E-state index contributed by atoms with van der Waals surface area (Å²) in [5.41, 5.74) is 5.99. The van der Waals surface area contributed by atoms with Gasteiger partial charge in [-0.3, -0.25) is 14.9 Å². The first-order valence-electron chi connectivity index (χ1n) is 5.70. The van der Waals surface area contributed by atoms with E-state index in [-0.39, 0.29) is 12.1 Å². The molecule has 1 aromatic carbocycles. The van der Waals surface area contributed by atoms with Gasteiger partial charge in [-0.2, -0.15) is 0 Å². The van der Waals surface area contributed by atoms with Crippen LogP contribution in [0.15, 0.2) is 24.3 Å². The molecule has 0 spiro atoms. The Hall–Kier alpha value is -1.95. The number of carboxylic acid groups (broad SMARTS) is 1. The summed E-state index contributed by atoms with van der Waals surface area (Å²) in [6.07, 6.45) is 1.40. The predicted molar refractivity (Wildman–Crippen MR) is 66.2 cm³/mol. The number of benzene rings is 1. The van der Waals surface area contributed by atoms with Gasteiger partial charge in [0.15, 0.2) is 0 Å². The summed E-state index contributed by atoms with van der Waals surface area (Å²) in [7, 11) is 0. The molecular formula is C12H16N2O4. The average Bonchev–Trinajstić information content (AvgIpc) is 2.34. The second-order valence-electron chi connectivity index (χ2n) is 4.10. The van der Waals surface area contributed by atoms with E-state index in [1.54, 1.807) is 12.1 Å². The molecule has 0 amide bonds. The molecule has 0 saturated heterocycles. The summed E-state index contributed by atoms with van der Waals surface area (Å²) in [4.78, 5) is 21.2. The lowest BCUT2D eigenvalue weighted by molar-refractivity contribution is -0.384. The quantitative estimate of drug-likeness (QED) is 0.566. The van der Waals surface area contributed by atoms with Gasteiger partial charge >= 0.3 is 5.97 Å². The first kappa shape index (κ1) is 14.1. The van der Waals surface area contributed by atoms with E-state index in [0.29, 0.717) is 24.9 Å². The summed E-state index contributed by atoms with van der Waals surface area (Å²) >= 11 is 0. The summed E-state index contributed by atoms with van der Waals surface area (Å²) in [6.45, 7) is 0.443. The van der Waals surface area contributed by atoms with Crippen molar-refractivity contribution in [2.24, 2.45) is 11.7 Å². The number of nitrogens with zero attached hydrogens (tertiary/aromatic N) is 1. The highest BCUT2D eigenvalue weighted by atomic mass is 16.6. The number of nitro groups is 1. The fourth-order valence-corrected chi connectivity index (χ4v) is 1.76. The largest absolute Gasteiger partial charge is 0.481 e. The highest BCUT2D eigenvalue weighted by Gasteiger charge is 2.18. The van der Waals surface area contributed by atoms with Crippen molar-refractivity contribution in [3.63, 3.8) is 0 Å². The van der Waals surface area contributed by atoms with Crippen molar-refractivity contribution in [1.29, 1.82) is 0 Å². The maximum absolute atomic E-state index is 11.1. The molecule has 0 saturated carbocycles. The van der Waals surface area contributed by atoms with Crippen molar-refractivity contribution in [3.8, 4) is 0 Å². The van der Waals surface area contributed by atoms with Gasteiger partial charge in [-0.1, -0.05) is 12.1 Å². The van der Waals surface area contributed by atoms with E-state index >= 15 is 0 Å². The fourth-order valence-electron chi connectivity index (χ4n) is 1.76. The van der Waals surface area contributed by atoms with E-state index in [2.05, 4.69) is 0 Å². The van der Waals surface area contributed by atoms with E-state index < -0.39 is 16.8 Å². The fraction of sp³-hybridized carbons (Fsp3) is 0.417. The van der Waals surface area contributed by atoms with Gasteiger partial charge in [0.2, 0.25) is 0 Å². The minimum atomic E-state index is -0.894. The van der Waals surface area contributed by atoms with Crippen molar-refractivity contribution in [2.75, 3.05) is 6.54 Å². The smallest absolute Gasteiger partial charge is 0.306 e. The molecule has 18 heavy (non-hydrogen) atoms. The van der Waals surface area contributed by atoms with Crippen molar-refractivity contribution in [2.45, 2.75) is 19.3 Å². The molecule has 0 radical (unpaired) electrons. The topological polar surface area (TPSA) is 106 Å². The molecule has 6 heteroatoms. The van der Waals surface area contributed by atoms with Crippen LogP contribution in [-0.4, -0.2) is 22.5 Å². The van der Waals surface area contributed by atoms with Crippen LogP contribution in [0.25, 0.3) is 0 Å². The van der Waals surface area contributed by atoms with Crippen molar-refractivity contribution < 1.29 is 14.8 Å². The predicted octanol–water partition coefficient (Wildman–Crippen LogP) is 1.58. The Kier molecular flexibility index (Phi) is 5.26. The molecule has 6 nitrogen and oxygen atoms in total. The first-order chi connectivity index (χ1) is 8.54. The Morgan fingerprint density at radius 2 is 2.22 bits per heavy atom. The van der Waals surface area contributed by atoms with Crippen LogP contribution in [0.2, 0.25) is 0 Å². The summed E-state index contributed by atoms with van der Waals surface area (Å²) in [6, 6.07) is 6.07. The molecule has 3 N–H and O–H groups in total. The molecule has 1 rings (SSSR count). The zero-order valence-electron chi connectivity index (χ0n) is 9.91. The first-order valence-corrected chi connectivity index (χ1v) is 5.70. The number of carboxylic acids is 1. The number of hydrogen-bond acceptors (Lipinski definition) is 4. The van der Waals surface area contributed by atoms with E-state index in [9.17, 15) is 14.9 Å². The van der Waals surface area contributed by atoms with E-state index in [0.717, 1.165) is 0 Å². The van der Waals surface area contributed by atoms with E-state index in [4.69, 9.17) is 10.8 Å². The van der Waals surface area contributed by atoms with Crippen LogP contribution in [0.5, 0.6) is 0 Å². The number of non-ortho nitro benzene ring substituents is 1. The molecule has 1 aromatic rings. The molecule has 1 unspecified atom stereocenters. The molecule has 0 aliphatic rings. The molecule has 1 atom stereocenters. The van der Waals surface area contributed by atoms with Gasteiger partial charge in [-0.25, -0.2) is 0 Å². The maximum Gasteiger partial charge on any atom is 0.306 e. The van der Waals surface area contributed by atoms with Gasteiger partial charge in [0.1, 0.15) is 0 Å². The zero-order chi connectivity index (χ0) is 13.5. The highest BCUT2D eigenvalue weighted by Crippen LogP contribution is 2.18. The van der Waals surface area contributed by atoms with Crippen LogP contribution in [0.1, 0.15) is 18.4 Å². The summed E-state index contributed by atoms with van der Waals surface area (Å²) in [5.74, 6) is -1.44. The van der Waals surface area contributed by atoms with Gasteiger partial charge in [0.05, 0.1) is 10.8 Å². The number of aliphatic carboxylic acids is 1. The Bertz CT molecular complexity index is 434. The molecule has 98 valence electrons. The second-order valence-corrected chi connectivity index (χ2v) is 4.10. The Labute approximate surface area is 105 Å². The molecule has 0 aliphatic carbocycles. The third kappa shape index (κ3) is 4.14. The lowest BCUT2D eigenvalue weighted by Gasteiger charge is -2.11. The highest BCUT2D eigenvalue weighted by molar-refractivity contribution is 5.70. The van der Waals surface area contributed by atoms with Gasteiger partial charge in [0, 0.05) is 12.1 Å². The molecular weight excluding hydrogens is 236 g/mol. The standard InChI is InChI=1S/C12H16N2O4/c13-6-2-4-10(12(15)16)7-9-3-1-5-11(8-9)14(17)18/h1,3,5,8,10H,2,4,6-7,13H2,(H,15,16). The Morgan fingerprint density at radius 3 is 2.78 bits per heavy atom. The average molecular weight is 252 g/mol. The summed E-state index contributed by atoms with van der Waals surface area (Å²) in [5, 5.41) is 19.7. The number of hydrogen-bond donors (Lipinski definition) is 2. The van der Waals surface area contributed by atoms with Gasteiger partial charge in [0.25, 0.3) is 5.69 Å². The number of carbonyl (C=O) groups is 1. The molecule has 0 fully saturated rings. The van der Waals surface area contributed by atoms with Crippen LogP contribution in [-0.2, 0) is 11.2 Å². The van der Waals surface area contributed by atoms with Crippen molar-refractivity contribution >= 4 is 11.7 Å². The lowest BCUT2D eigenvalue weighted by Crippen LogP contribution is -2.18.